The monoisotopic (exact) mass is 267 g/mol. The second-order valence-corrected chi connectivity index (χ2v) is 4.75. The molecule has 2 heterocycles. The van der Waals surface area contributed by atoms with Crippen LogP contribution in [0.3, 0.4) is 0 Å². The number of hydrogen-bond donors (Lipinski definition) is 3. The lowest BCUT2D eigenvalue weighted by Gasteiger charge is -2.39. The highest BCUT2D eigenvalue weighted by molar-refractivity contribution is 5.89. The fourth-order valence-electron chi connectivity index (χ4n) is 2.97. The number of rotatable bonds is 1. The van der Waals surface area contributed by atoms with Gasteiger partial charge < -0.3 is 10.6 Å². The number of nitrogens with one attached hydrogen (secondary N) is 3. The summed E-state index contributed by atoms with van der Waals surface area (Å²) in [6, 6.07) is 10.3. The van der Waals surface area contributed by atoms with E-state index >= 15 is 0 Å². The highest BCUT2D eigenvalue weighted by atomic mass is 35.5. The van der Waals surface area contributed by atoms with Crippen molar-refractivity contribution in [2.24, 2.45) is 0 Å². The maximum Gasteiger partial charge on any atom is 0.242 e. The van der Waals surface area contributed by atoms with Crippen LogP contribution in [0, 0.1) is 0 Å². The van der Waals surface area contributed by atoms with E-state index < -0.39 is 5.54 Å². The molecule has 2 aliphatic heterocycles. The van der Waals surface area contributed by atoms with Gasteiger partial charge in [0.2, 0.25) is 5.91 Å². The third-order valence-corrected chi connectivity index (χ3v) is 3.90. The molecule has 2 saturated heterocycles. The zero-order chi connectivity index (χ0) is 11.7. The molecule has 0 radical (unpaired) electrons. The Morgan fingerprint density at radius 3 is 2.67 bits per heavy atom. The first-order valence-electron chi connectivity index (χ1n) is 6.12. The van der Waals surface area contributed by atoms with Gasteiger partial charge in [0.25, 0.3) is 0 Å². The Morgan fingerprint density at radius 2 is 2.00 bits per heavy atom. The zero-order valence-electron chi connectivity index (χ0n) is 10.1. The highest BCUT2D eigenvalue weighted by Gasteiger charge is 2.50. The van der Waals surface area contributed by atoms with Crippen molar-refractivity contribution >= 4 is 18.3 Å². The van der Waals surface area contributed by atoms with Crippen LogP contribution < -0.4 is 16.0 Å². The summed E-state index contributed by atoms with van der Waals surface area (Å²) in [7, 11) is 0. The van der Waals surface area contributed by atoms with Crippen molar-refractivity contribution in [3.63, 3.8) is 0 Å². The Kier molecular flexibility index (Phi) is 3.90. The molecule has 3 N–H and O–H groups in total. The van der Waals surface area contributed by atoms with Crippen LogP contribution in [0.15, 0.2) is 30.3 Å². The number of amides is 1. The summed E-state index contributed by atoms with van der Waals surface area (Å²) < 4.78 is 0. The van der Waals surface area contributed by atoms with E-state index in [0.29, 0.717) is 6.67 Å². The molecule has 4 nitrogen and oxygen atoms in total. The molecule has 1 spiro atoms. The summed E-state index contributed by atoms with van der Waals surface area (Å²) in [5.74, 6) is 0.354. The van der Waals surface area contributed by atoms with E-state index in [1.807, 2.05) is 18.2 Å². The fraction of sp³-hybridized carbons (Fsp3) is 0.462. The number of halogens is 1. The topological polar surface area (TPSA) is 53.2 Å². The van der Waals surface area contributed by atoms with Crippen molar-refractivity contribution in [3.8, 4) is 0 Å². The molecule has 2 atom stereocenters. The molecule has 1 aromatic rings. The van der Waals surface area contributed by atoms with Crippen LogP contribution in [-0.2, 0) is 4.79 Å². The number of piperidine rings is 1. The van der Waals surface area contributed by atoms with Crippen molar-refractivity contribution in [1.82, 2.24) is 16.0 Å². The molecule has 5 heteroatoms. The predicted octanol–water partition coefficient (Wildman–Crippen LogP) is 0.601. The van der Waals surface area contributed by atoms with E-state index in [1.165, 1.54) is 5.56 Å². The molecule has 98 valence electrons. The lowest BCUT2D eigenvalue weighted by atomic mass is 9.74. The van der Waals surface area contributed by atoms with Gasteiger partial charge in [-0.2, -0.15) is 0 Å². The van der Waals surface area contributed by atoms with E-state index in [1.54, 1.807) is 0 Å². The quantitative estimate of drug-likeness (QED) is 0.699. The van der Waals surface area contributed by atoms with Gasteiger partial charge in [0, 0.05) is 12.5 Å². The Morgan fingerprint density at radius 1 is 1.22 bits per heavy atom. The van der Waals surface area contributed by atoms with Crippen molar-refractivity contribution in [1.29, 1.82) is 0 Å². The van der Waals surface area contributed by atoms with Crippen molar-refractivity contribution in [2.75, 3.05) is 19.8 Å². The minimum atomic E-state index is -0.410. The van der Waals surface area contributed by atoms with E-state index in [9.17, 15) is 4.79 Å². The van der Waals surface area contributed by atoms with Crippen LogP contribution in [0.4, 0.5) is 0 Å². The normalized spacial score (nSPS) is 30.9. The van der Waals surface area contributed by atoms with Gasteiger partial charge in [-0.15, -0.1) is 12.4 Å². The third kappa shape index (κ3) is 2.00. The van der Waals surface area contributed by atoms with Crippen LogP contribution in [0.25, 0.3) is 0 Å². The number of hydrogen-bond acceptors (Lipinski definition) is 3. The van der Waals surface area contributed by atoms with E-state index in [-0.39, 0.29) is 24.2 Å². The molecule has 18 heavy (non-hydrogen) atoms. The van der Waals surface area contributed by atoms with Crippen molar-refractivity contribution < 1.29 is 4.79 Å². The molecular formula is C13H18ClN3O. The first-order chi connectivity index (χ1) is 8.33. The summed E-state index contributed by atoms with van der Waals surface area (Å²) >= 11 is 0. The molecule has 2 aliphatic rings. The Labute approximate surface area is 113 Å². The van der Waals surface area contributed by atoms with Gasteiger partial charge in [0.15, 0.2) is 0 Å². The van der Waals surface area contributed by atoms with Gasteiger partial charge in [0.05, 0.1) is 6.67 Å². The van der Waals surface area contributed by atoms with Crippen LogP contribution in [0.5, 0.6) is 0 Å². The van der Waals surface area contributed by atoms with E-state index in [4.69, 9.17) is 0 Å². The second-order valence-electron chi connectivity index (χ2n) is 4.75. The van der Waals surface area contributed by atoms with E-state index in [0.717, 1.165) is 19.5 Å². The lowest BCUT2D eigenvalue weighted by Crippen LogP contribution is -2.58. The van der Waals surface area contributed by atoms with Crippen LogP contribution >= 0.6 is 12.4 Å². The molecule has 2 unspecified atom stereocenters. The maximum atomic E-state index is 12.1. The number of carbonyl (C=O) groups excluding carboxylic acids is 1. The lowest BCUT2D eigenvalue weighted by molar-refractivity contribution is -0.125. The van der Waals surface area contributed by atoms with Gasteiger partial charge in [0.1, 0.15) is 5.54 Å². The van der Waals surface area contributed by atoms with Crippen molar-refractivity contribution in [3.05, 3.63) is 35.9 Å². The van der Waals surface area contributed by atoms with Gasteiger partial charge in [-0.25, -0.2) is 0 Å². The molecule has 1 aromatic carbocycles. The fourth-order valence-corrected chi connectivity index (χ4v) is 2.97. The Balaban J connectivity index is 0.00000120. The minimum Gasteiger partial charge on any atom is -0.342 e. The summed E-state index contributed by atoms with van der Waals surface area (Å²) in [6.45, 7) is 2.33. The Bertz CT molecular complexity index is 426. The summed E-state index contributed by atoms with van der Waals surface area (Å²) in [5, 5.41) is 9.66. The first-order valence-corrected chi connectivity index (χ1v) is 6.12. The molecule has 0 bridgehead atoms. The molecular weight excluding hydrogens is 250 g/mol. The van der Waals surface area contributed by atoms with Crippen LogP contribution in [0.2, 0.25) is 0 Å². The maximum absolute atomic E-state index is 12.1. The highest BCUT2D eigenvalue weighted by Crippen LogP contribution is 2.34. The average Bonchev–Trinajstić information content (AvgIpc) is 2.73. The van der Waals surface area contributed by atoms with Gasteiger partial charge >= 0.3 is 0 Å². The van der Waals surface area contributed by atoms with Crippen LogP contribution in [-0.4, -0.2) is 31.2 Å². The third-order valence-electron chi connectivity index (χ3n) is 3.90. The molecule has 3 rings (SSSR count). The largest absolute Gasteiger partial charge is 0.342 e. The first kappa shape index (κ1) is 13.3. The van der Waals surface area contributed by atoms with E-state index in [2.05, 4.69) is 28.1 Å². The summed E-state index contributed by atoms with van der Waals surface area (Å²) in [5.41, 5.74) is 0.816. The molecule has 0 aromatic heterocycles. The van der Waals surface area contributed by atoms with Gasteiger partial charge in [-0.05, 0) is 18.5 Å². The smallest absolute Gasteiger partial charge is 0.242 e. The molecule has 0 aliphatic carbocycles. The Hall–Kier alpha value is -1.10. The van der Waals surface area contributed by atoms with Gasteiger partial charge in [-0.3, -0.25) is 10.1 Å². The predicted molar refractivity (Wildman–Crippen MR) is 72.8 cm³/mol. The molecule has 2 fully saturated rings. The van der Waals surface area contributed by atoms with Crippen molar-refractivity contribution in [2.45, 2.75) is 17.9 Å². The van der Waals surface area contributed by atoms with Gasteiger partial charge in [-0.1, -0.05) is 30.3 Å². The minimum absolute atomic E-state index is 0. The number of carbonyl (C=O) groups is 1. The summed E-state index contributed by atoms with van der Waals surface area (Å²) in [6.07, 6.45) is 0.846. The summed E-state index contributed by atoms with van der Waals surface area (Å²) in [4.78, 5) is 12.1. The van der Waals surface area contributed by atoms with Crippen LogP contribution in [0.1, 0.15) is 17.9 Å². The second kappa shape index (κ2) is 5.26. The molecule has 1 amide bonds. The zero-order valence-corrected chi connectivity index (χ0v) is 10.9. The SMILES string of the molecule is Cl.O=C1NCNC12CCNCC2c1ccccc1. The molecule has 0 saturated carbocycles. The standard InChI is InChI=1S/C13H17N3O.ClH/c17-12-13(16-9-15-12)6-7-14-8-11(13)10-4-2-1-3-5-10;/h1-5,11,14,16H,6-9H2,(H,15,17);1H. The average molecular weight is 268 g/mol. The number of benzene rings is 1.